The first-order chi connectivity index (χ1) is 11.3. The zero-order valence-corrected chi connectivity index (χ0v) is 14.8. The average Bonchev–Trinajstić information content (AvgIpc) is 3.20. The zero-order chi connectivity index (χ0) is 17.5. The third kappa shape index (κ3) is 3.34. The fourth-order valence-electron chi connectivity index (χ4n) is 2.47. The monoisotopic (exact) mass is 379 g/mol. The molecule has 0 aliphatic heterocycles. The van der Waals surface area contributed by atoms with Gasteiger partial charge in [-0.3, -0.25) is 9.59 Å². The predicted octanol–water partition coefficient (Wildman–Crippen LogP) is 4.87. The van der Waals surface area contributed by atoms with Gasteiger partial charge in [0, 0.05) is 22.4 Å². The summed E-state index contributed by atoms with van der Waals surface area (Å²) in [7, 11) is 0. The van der Waals surface area contributed by atoms with E-state index in [-0.39, 0.29) is 5.43 Å². The molecule has 1 amide bonds. The van der Waals surface area contributed by atoms with Crippen molar-refractivity contribution in [3.05, 3.63) is 64.3 Å². The number of halogens is 3. The number of carbonyl (C=O) groups is 1. The standard InChI is InChI=1S/C18H12Cl3NO2/c1-10-7-8-13(22-17(24)18(19,20)21)12(9-10)15-14(16(15)23)11-5-3-2-4-6-11/h2-9H,1H3,(H,22,24). The highest BCUT2D eigenvalue weighted by molar-refractivity contribution is 6.76. The van der Waals surface area contributed by atoms with E-state index in [9.17, 15) is 9.59 Å². The van der Waals surface area contributed by atoms with Gasteiger partial charge in [0.1, 0.15) is 0 Å². The first-order valence-corrected chi connectivity index (χ1v) is 8.26. The van der Waals surface area contributed by atoms with E-state index in [0.717, 1.165) is 11.1 Å². The molecule has 0 spiro atoms. The molecule has 0 unspecified atom stereocenters. The molecular formula is C18H12Cl3NO2. The van der Waals surface area contributed by atoms with Gasteiger partial charge in [0.25, 0.3) is 9.70 Å². The van der Waals surface area contributed by atoms with Crippen LogP contribution >= 0.6 is 34.8 Å². The van der Waals surface area contributed by atoms with Crippen molar-refractivity contribution in [1.82, 2.24) is 0 Å². The fourth-order valence-corrected chi connectivity index (χ4v) is 2.62. The number of anilines is 1. The molecule has 0 atom stereocenters. The molecular weight excluding hydrogens is 369 g/mol. The van der Waals surface area contributed by atoms with E-state index < -0.39 is 9.70 Å². The summed E-state index contributed by atoms with van der Waals surface area (Å²) >= 11 is 16.8. The minimum absolute atomic E-state index is 0.0452. The average molecular weight is 381 g/mol. The smallest absolute Gasteiger partial charge is 0.276 e. The highest BCUT2D eigenvalue weighted by Crippen LogP contribution is 2.39. The number of amides is 1. The molecule has 0 saturated carbocycles. The van der Waals surface area contributed by atoms with Gasteiger partial charge in [0.05, 0.1) is 0 Å². The lowest BCUT2D eigenvalue weighted by Gasteiger charge is -2.14. The van der Waals surface area contributed by atoms with Gasteiger partial charge in [-0.15, -0.1) is 0 Å². The van der Waals surface area contributed by atoms with Crippen molar-refractivity contribution in [1.29, 1.82) is 0 Å². The van der Waals surface area contributed by atoms with Gasteiger partial charge >= 0.3 is 0 Å². The maximum absolute atomic E-state index is 12.3. The maximum Gasteiger partial charge on any atom is 0.276 e. The molecule has 1 N–H and O–H groups in total. The molecule has 3 nitrogen and oxygen atoms in total. The molecule has 0 aliphatic carbocycles. The minimum Gasteiger partial charge on any atom is -0.322 e. The quantitative estimate of drug-likeness (QED) is 0.659. The first kappa shape index (κ1) is 17.0. The van der Waals surface area contributed by atoms with Crippen molar-refractivity contribution < 1.29 is 4.79 Å². The number of aryl methyl sites for hydroxylation is 1. The summed E-state index contributed by atoms with van der Waals surface area (Å²) in [6.45, 7) is 1.90. The second-order valence-electron chi connectivity index (χ2n) is 5.45. The Morgan fingerprint density at radius 2 is 1.67 bits per heavy atom. The van der Waals surface area contributed by atoms with Crippen LogP contribution in [-0.2, 0) is 4.79 Å². The predicted molar refractivity (Wildman–Crippen MR) is 99.6 cm³/mol. The van der Waals surface area contributed by atoms with Crippen LogP contribution in [0, 0.1) is 6.92 Å². The summed E-state index contributed by atoms with van der Waals surface area (Å²) in [5.41, 5.74) is 4.04. The van der Waals surface area contributed by atoms with Crippen LogP contribution in [0.4, 0.5) is 5.69 Å². The van der Waals surface area contributed by atoms with Crippen LogP contribution in [0.1, 0.15) is 5.56 Å². The van der Waals surface area contributed by atoms with Crippen molar-refractivity contribution in [2.24, 2.45) is 0 Å². The van der Waals surface area contributed by atoms with E-state index in [1.54, 1.807) is 6.07 Å². The Bertz CT molecular complexity index is 920. The Labute approximate surface area is 153 Å². The van der Waals surface area contributed by atoms with E-state index in [2.05, 4.69) is 5.32 Å². The van der Waals surface area contributed by atoms with E-state index in [1.165, 1.54) is 0 Å². The minimum atomic E-state index is -2.08. The normalized spacial score (nSPS) is 11.7. The third-order valence-corrected chi connectivity index (χ3v) is 4.17. The highest BCUT2D eigenvalue weighted by Gasteiger charge is 2.33. The molecule has 0 radical (unpaired) electrons. The van der Waals surface area contributed by atoms with Crippen molar-refractivity contribution in [3.63, 3.8) is 0 Å². The summed E-state index contributed by atoms with van der Waals surface area (Å²) in [5, 5.41) is 2.57. The lowest BCUT2D eigenvalue weighted by molar-refractivity contribution is -0.115. The second-order valence-corrected chi connectivity index (χ2v) is 7.73. The highest BCUT2D eigenvalue weighted by atomic mass is 35.6. The lowest BCUT2D eigenvalue weighted by Crippen LogP contribution is -2.27. The summed E-state index contributed by atoms with van der Waals surface area (Å²) in [5.74, 6) is -0.771. The zero-order valence-electron chi connectivity index (χ0n) is 12.6. The number of hydrogen-bond acceptors (Lipinski definition) is 2. The molecule has 0 saturated heterocycles. The van der Waals surface area contributed by atoms with E-state index in [0.29, 0.717) is 22.4 Å². The van der Waals surface area contributed by atoms with Gasteiger partial charge in [-0.05, 0) is 24.6 Å². The molecule has 3 aromatic rings. The lowest BCUT2D eigenvalue weighted by atomic mass is 10.0. The number of alkyl halides is 3. The number of nitrogens with one attached hydrogen (secondary N) is 1. The molecule has 0 heterocycles. The van der Waals surface area contributed by atoms with Gasteiger partial charge < -0.3 is 5.32 Å². The SMILES string of the molecule is Cc1ccc(NC(=O)C(Cl)(Cl)Cl)c(-c2c(-c3ccccc3)c2=O)c1. The molecule has 0 fully saturated rings. The molecule has 0 aliphatic rings. The summed E-state index contributed by atoms with van der Waals surface area (Å²) in [4.78, 5) is 24.2. The molecule has 0 bridgehead atoms. The number of rotatable bonds is 3. The molecule has 6 heteroatoms. The Morgan fingerprint density at radius 3 is 2.29 bits per heavy atom. The van der Waals surface area contributed by atoms with E-state index in [1.807, 2.05) is 49.4 Å². The van der Waals surface area contributed by atoms with Crippen LogP contribution in [0.3, 0.4) is 0 Å². The first-order valence-electron chi connectivity index (χ1n) is 7.12. The van der Waals surface area contributed by atoms with Gasteiger partial charge in [0.2, 0.25) is 0 Å². The Hall–Kier alpha value is -1.81. The second kappa shape index (κ2) is 6.25. The van der Waals surface area contributed by atoms with Crippen molar-refractivity contribution >= 4 is 46.4 Å². The van der Waals surface area contributed by atoms with Crippen LogP contribution < -0.4 is 10.7 Å². The summed E-state index contributed by atoms with van der Waals surface area (Å²) < 4.78 is -2.08. The Morgan fingerprint density at radius 1 is 1.00 bits per heavy atom. The molecule has 122 valence electrons. The number of benzene rings is 2. The number of hydrogen-bond donors (Lipinski definition) is 1. The third-order valence-electron chi connectivity index (χ3n) is 3.65. The number of carbonyl (C=O) groups excluding carboxylic acids is 1. The van der Waals surface area contributed by atoms with Gasteiger partial charge in [-0.1, -0.05) is 76.8 Å². The van der Waals surface area contributed by atoms with Crippen LogP contribution in [0.25, 0.3) is 22.3 Å². The van der Waals surface area contributed by atoms with Crippen molar-refractivity contribution in [2.45, 2.75) is 10.7 Å². The van der Waals surface area contributed by atoms with Crippen LogP contribution in [0.15, 0.2) is 53.3 Å². The van der Waals surface area contributed by atoms with Crippen LogP contribution in [0.5, 0.6) is 0 Å². The Balaban J connectivity index is 2.02. The van der Waals surface area contributed by atoms with E-state index >= 15 is 0 Å². The largest absolute Gasteiger partial charge is 0.322 e. The summed E-state index contributed by atoms with van der Waals surface area (Å²) in [6.07, 6.45) is 0. The molecule has 3 aromatic carbocycles. The van der Waals surface area contributed by atoms with Gasteiger partial charge in [0.15, 0.2) is 5.43 Å². The van der Waals surface area contributed by atoms with E-state index in [4.69, 9.17) is 34.8 Å². The summed E-state index contributed by atoms with van der Waals surface area (Å²) in [6, 6.07) is 14.7. The Kier molecular flexibility index (Phi) is 4.43. The fraction of sp³-hybridized carbons (Fsp3) is 0.111. The molecule has 0 aromatic heterocycles. The van der Waals surface area contributed by atoms with Gasteiger partial charge in [-0.25, -0.2) is 0 Å². The van der Waals surface area contributed by atoms with Crippen molar-refractivity contribution in [3.8, 4) is 22.3 Å². The van der Waals surface area contributed by atoms with Crippen LogP contribution in [-0.4, -0.2) is 9.70 Å². The topological polar surface area (TPSA) is 46.2 Å². The maximum atomic E-state index is 12.3. The molecule has 3 rings (SSSR count). The molecule has 24 heavy (non-hydrogen) atoms. The van der Waals surface area contributed by atoms with Gasteiger partial charge in [-0.2, -0.15) is 0 Å². The van der Waals surface area contributed by atoms with Crippen LogP contribution in [0.2, 0.25) is 0 Å². The van der Waals surface area contributed by atoms with Crippen molar-refractivity contribution in [2.75, 3.05) is 5.32 Å².